The van der Waals surface area contributed by atoms with Crippen molar-refractivity contribution in [2.24, 2.45) is 0 Å². The van der Waals surface area contributed by atoms with Gasteiger partial charge in [0.05, 0.1) is 17.2 Å². The highest BCUT2D eigenvalue weighted by Gasteiger charge is 2.34. The normalized spacial score (nSPS) is 18.3. The van der Waals surface area contributed by atoms with Gasteiger partial charge >= 0.3 is 6.18 Å². The molecule has 1 saturated heterocycles. The van der Waals surface area contributed by atoms with Gasteiger partial charge in [0, 0.05) is 18.2 Å². The quantitative estimate of drug-likeness (QED) is 0.901. The van der Waals surface area contributed by atoms with E-state index in [0.29, 0.717) is 0 Å². The Balaban J connectivity index is 2.10. The number of amides is 1. The lowest BCUT2D eigenvalue weighted by Gasteiger charge is -2.13. The molecule has 0 radical (unpaired) electrons. The predicted molar refractivity (Wildman–Crippen MR) is 70.4 cm³/mol. The smallest absolute Gasteiger partial charge is 0.326 e. The molecule has 1 amide bonds. The van der Waals surface area contributed by atoms with Gasteiger partial charge in [-0.25, -0.2) is 0 Å². The lowest BCUT2D eigenvalue weighted by molar-refractivity contribution is -0.137. The highest BCUT2D eigenvalue weighted by Crippen LogP contribution is 2.33. The van der Waals surface area contributed by atoms with Crippen molar-refractivity contribution in [2.75, 3.05) is 11.9 Å². The first-order chi connectivity index (χ1) is 9.90. The van der Waals surface area contributed by atoms with Crippen LogP contribution in [0.4, 0.5) is 18.9 Å². The monoisotopic (exact) mass is 297 g/mol. The summed E-state index contributed by atoms with van der Waals surface area (Å²) in [4.78, 5) is 11.8. The van der Waals surface area contributed by atoms with Crippen LogP contribution < -0.4 is 10.6 Å². The maximum Gasteiger partial charge on any atom is 0.417 e. The van der Waals surface area contributed by atoms with Crippen LogP contribution >= 0.6 is 0 Å². The SMILES string of the molecule is N#Cc1ccc(NC(=O)CC2CCCN2)cc1C(F)(F)F. The Labute approximate surface area is 119 Å². The zero-order valence-corrected chi connectivity index (χ0v) is 11.1. The van der Waals surface area contributed by atoms with Crippen LogP contribution in [-0.4, -0.2) is 18.5 Å². The first-order valence-electron chi connectivity index (χ1n) is 6.54. The van der Waals surface area contributed by atoms with Crippen LogP contribution in [0, 0.1) is 11.3 Å². The average molecular weight is 297 g/mol. The largest absolute Gasteiger partial charge is 0.417 e. The van der Waals surface area contributed by atoms with Gasteiger partial charge in [-0.3, -0.25) is 4.79 Å². The average Bonchev–Trinajstić information content (AvgIpc) is 2.90. The molecule has 0 bridgehead atoms. The van der Waals surface area contributed by atoms with Gasteiger partial charge in [-0.15, -0.1) is 0 Å². The van der Waals surface area contributed by atoms with E-state index in [2.05, 4.69) is 10.6 Å². The molecule has 1 fully saturated rings. The number of hydrogen-bond donors (Lipinski definition) is 2. The molecule has 1 unspecified atom stereocenters. The number of anilines is 1. The summed E-state index contributed by atoms with van der Waals surface area (Å²) in [7, 11) is 0. The van der Waals surface area contributed by atoms with Crippen LogP contribution in [0.5, 0.6) is 0 Å². The molecule has 112 valence electrons. The highest BCUT2D eigenvalue weighted by atomic mass is 19.4. The van der Waals surface area contributed by atoms with Crippen molar-refractivity contribution < 1.29 is 18.0 Å². The summed E-state index contributed by atoms with van der Waals surface area (Å²) in [6.45, 7) is 0.854. The van der Waals surface area contributed by atoms with E-state index in [1.807, 2.05) is 0 Å². The number of alkyl halides is 3. The van der Waals surface area contributed by atoms with E-state index in [4.69, 9.17) is 5.26 Å². The molecule has 21 heavy (non-hydrogen) atoms. The molecule has 2 N–H and O–H groups in total. The Morgan fingerprint density at radius 3 is 2.81 bits per heavy atom. The van der Waals surface area contributed by atoms with Gasteiger partial charge in [-0.2, -0.15) is 18.4 Å². The number of nitriles is 1. The molecule has 1 aliphatic heterocycles. The number of carbonyl (C=O) groups is 1. The Kier molecular flexibility index (Phi) is 4.48. The Morgan fingerprint density at radius 1 is 1.48 bits per heavy atom. The molecule has 4 nitrogen and oxygen atoms in total. The predicted octanol–water partition coefficient (Wildman–Crippen LogP) is 2.66. The maximum absolute atomic E-state index is 12.8. The summed E-state index contributed by atoms with van der Waals surface area (Å²) < 4.78 is 38.4. The fourth-order valence-corrected chi connectivity index (χ4v) is 2.32. The minimum atomic E-state index is -4.63. The summed E-state index contributed by atoms with van der Waals surface area (Å²) in [6, 6.07) is 4.72. The third-order valence-electron chi connectivity index (χ3n) is 3.32. The van der Waals surface area contributed by atoms with Crippen molar-refractivity contribution in [3.63, 3.8) is 0 Å². The van der Waals surface area contributed by atoms with Gasteiger partial charge in [0.25, 0.3) is 0 Å². The molecular formula is C14H14F3N3O. The number of hydrogen-bond acceptors (Lipinski definition) is 3. The third-order valence-corrected chi connectivity index (χ3v) is 3.32. The van der Waals surface area contributed by atoms with Crippen molar-refractivity contribution in [2.45, 2.75) is 31.5 Å². The van der Waals surface area contributed by atoms with Crippen LogP contribution in [0.2, 0.25) is 0 Å². The van der Waals surface area contributed by atoms with Gasteiger partial charge in [0.2, 0.25) is 5.91 Å². The lowest BCUT2D eigenvalue weighted by atomic mass is 10.1. The van der Waals surface area contributed by atoms with E-state index in [1.54, 1.807) is 0 Å². The number of halogens is 3. The zero-order valence-electron chi connectivity index (χ0n) is 11.1. The second-order valence-corrected chi connectivity index (χ2v) is 4.92. The van der Waals surface area contributed by atoms with Crippen LogP contribution in [0.25, 0.3) is 0 Å². The Hall–Kier alpha value is -2.07. The van der Waals surface area contributed by atoms with Gasteiger partial charge in [0.1, 0.15) is 0 Å². The minimum Gasteiger partial charge on any atom is -0.326 e. The standard InChI is InChI=1S/C14H14F3N3O/c15-14(16,17)12-6-11(4-3-9(12)8-18)20-13(21)7-10-2-1-5-19-10/h3-4,6,10,19H,1-2,5,7H2,(H,20,21). The number of carbonyl (C=O) groups excluding carboxylic acids is 1. The number of nitrogens with zero attached hydrogens (tertiary/aromatic N) is 1. The van der Waals surface area contributed by atoms with Gasteiger partial charge in [-0.1, -0.05) is 0 Å². The van der Waals surface area contributed by atoms with Gasteiger partial charge in [-0.05, 0) is 37.6 Å². The number of nitrogens with one attached hydrogen (secondary N) is 2. The van der Waals surface area contributed by atoms with Crippen molar-refractivity contribution in [3.05, 3.63) is 29.3 Å². The molecule has 1 aromatic rings. The van der Waals surface area contributed by atoms with E-state index in [0.717, 1.165) is 31.5 Å². The molecule has 1 heterocycles. The number of rotatable bonds is 3. The molecule has 7 heteroatoms. The summed E-state index contributed by atoms with van der Waals surface area (Å²) in [5.41, 5.74) is -1.45. The van der Waals surface area contributed by atoms with E-state index in [1.165, 1.54) is 12.1 Å². The van der Waals surface area contributed by atoms with Crippen LogP contribution in [0.3, 0.4) is 0 Å². The second-order valence-electron chi connectivity index (χ2n) is 4.92. The molecule has 0 spiro atoms. The molecule has 1 atom stereocenters. The minimum absolute atomic E-state index is 0.0457. The summed E-state index contributed by atoms with van der Waals surface area (Å²) in [6.07, 6.45) is -2.53. The van der Waals surface area contributed by atoms with Crippen LogP contribution in [0.15, 0.2) is 18.2 Å². The molecule has 0 saturated carbocycles. The molecular weight excluding hydrogens is 283 g/mol. The topological polar surface area (TPSA) is 64.9 Å². The fourth-order valence-electron chi connectivity index (χ4n) is 2.32. The number of benzene rings is 1. The van der Waals surface area contributed by atoms with Gasteiger partial charge in [0.15, 0.2) is 0 Å². The molecule has 1 aromatic carbocycles. The molecule has 0 aliphatic carbocycles. The van der Waals surface area contributed by atoms with Crippen LogP contribution in [0.1, 0.15) is 30.4 Å². The van der Waals surface area contributed by atoms with E-state index >= 15 is 0 Å². The Bertz CT molecular complexity index is 572. The first kappa shape index (κ1) is 15.3. The second kappa shape index (κ2) is 6.14. The highest BCUT2D eigenvalue weighted by molar-refractivity contribution is 5.91. The van der Waals surface area contributed by atoms with Crippen molar-refractivity contribution in [1.82, 2.24) is 5.32 Å². The van der Waals surface area contributed by atoms with Crippen molar-refractivity contribution in [1.29, 1.82) is 5.26 Å². The van der Waals surface area contributed by atoms with Gasteiger partial charge < -0.3 is 10.6 Å². The van der Waals surface area contributed by atoms with Crippen molar-refractivity contribution in [3.8, 4) is 6.07 Å². The van der Waals surface area contributed by atoms with E-state index in [-0.39, 0.29) is 24.1 Å². The van der Waals surface area contributed by atoms with E-state index < -0.39 is 17.3 Å². The maximum atomic E-state index is 12.8. The van der Waals surface area contributed by atoms with Crippen LogP contribution in [-0.2, 0) is 11.0 Å². The molecule has 0 aromatic heterocycles. The third kappa shape index (κ3) is 3.95. The Morgan fingerprint density at radius 2 is 2.24 bits per heavy atom. The first-order valence-corrected chi connectivity index (χ1v) is 6.54. The summed E-state index contributed by atoms with van der Waals surface area (Å²) >= 11 is 0. The van der Waals surface area contributed by atoms with Crippen molar-refractivity contribution >= 4 is 11.6 Å². The fraction of sp³-hybridized carbons (Fsp3) is 0.429. The lowest BCUT2D eigenvalue weighted by Crippen LogP contribution is -2.27. The zero-order chi connectivity index (χ0) is 15.5. The molecule has 2 rings (SSSR count). The molecule has 1 aliphatic rings. The van der Waals surface area contributed by atoms with E-state index in [9.17, 15) is 18.0 Å². The summed E-state index contributed by atoms with van der Waals surface area (Å²) in [5, 5.41) is 14.3. The summed E-state index contributed by atoms with van der Waals surface area (Å²) in [5.74, 6) is -0.341.